The molecule has 5 heteroatoms. The van der Waals surface area contributed by atoms with E-state index in [9.17, 15) is 9.59 Å². The number of nitrogens with zero attached hydrogens (tertiary/aromatic N) is 1. The Kier molecular flexibility index (Phi) is 5.65. The van der Waals surface area contributed by atoms with Crippen molar-refractivity contribution in [3.8, 4) is 0 Å². The molecule has 0 heterocycles. The molecule has 0 aliphatic carbocycles. The van der Waals surface area contributed by atoms with Crippen LogP contribution >= 0.6 is 11.6 Å². The molecule has 18 heavy (non-hydrogen) atoms. The molecule has 0 aromatic heterocycles. The molecule has 0 saturated carbocycles. The summed E-state index contributed by atoms with van der Waals surface area (Å²) in [5.41, 5.74) is 0.708. The number of carbonyl (C=O) groups excluding carboxylic acids is 2. The number of amides is 1. The van der Waals surface area contributed by atoms with Gasteiger partial charge in [0.1, 0.15) is 11.9 Å². The maximum Gasteiger partial charge on any atom is 0.325 e. The fourth-order valence-corrected chi connectivity index (χ4v) is 1.75. The van der Waals surface area contributed by atoms with Crippen LogP contribution in [0, 0.1) is 0 Å². The summed E-state index contributed by atoms with van der Waals surface area (Å²) in [6.07, 6.45) is 0. The predicted molar refractivity (Wildman–Crippen MR) is 69.3 cm³/mol. The van der Waals surface area contributed by atoms with Gasteiger partial charge in [-0.05, 0) is 12.5 Å². The van der Waals surface area contributed by atoms with Crippen LogP contribution < -0.4 is 0 Å². The Balaban J connectivity index is 2.61. The van der Waals surface area contributed by atoms with E-state index >= 15 is 0 Å². The fraction of sp³-hybridized carbons (Fsp3) is 0.385. The lowest BCUT2D eigenvalue weighted by atomic mass is 10.1. The number of hydrogen-bond acceptors (Lipinski definition) is 3. The Morgan fingerprint density at radius 3 is 2.50 bits per heavy atom. The molecule has 0 bridgehead atoms. The van der Waals surface area contributed by atoms with E-state index in [4.69, 9.17) is 16.3 Å². The number of benzene rings is 1. The summed E-state index contributed by atoms with van der Waals surface area (Å²) in [4.78, 5) is 24.5. The van der Waals surface area contributed by atoms with Gasteiger partial charge >= 0.3 is 5.97 Å². The maximum atomic E-state index is 12.0. The lowest BCUT2D eigenvalue weighted by Gasteiger charge is -2.19. The van der Waals surface area contributed by atoms with Crippen molar-refractivity contribution >= 4 is 23.5 Å². The summed E-state index contributed by atoms with van der Waals surface area (Å²) in [5, 5.41) is -0.786. The lowest BCUT2D eigenvalue weighted by Crippen LogP contribution is -2.35. The number of esters is 1. The zero-order valence-electron chi connectivity index (χ0n) is 10.4. The van der Waals surface area contributed by atoms with Gasteiger partial charge in [-0.3, -0.25) is 9.59 Å². The van der Waals surface area contributed by atoms with Gasteiger partial charge in [0.15, 0.2) is 0 Å². The number of likely N-dealkylation sites (N-methyl/N-ethyl adjacent to an activating group) is 1. The van der Waals surface area contributed by atoms with Crippen LogP contribution in [0.15, 0.2) is 30.3 Å². The van der Waals surface area contributed by atoms with Crippen LogP contribution in [0.2, 0.25) is 0 Å². The van der Waals surface area contributed by atoms with Crippen LogP contribution in [-0.2, 0) is 14.3 Å². The molecule has 1 aromatic carbocycles. The molecule has 1 unspecified atom stereocenters. The summed E-state index contributed by atoms with van der Waals surface area (Å²) in [6.45, 7) is 1.92. The molecule has 0 spiro atoms. The first-order chi connectivity index (χ1) is 8.56. The first kappa shape index (κ1) is 14.5. The maximum absolute atomic E-state index is 12.0. The normalized spacial score (nSPS) is 11.7. The predicted octanol–water partition coefficient (Wildman–Crippen LogP) is 1.99. The van der Waals surface area contributed by atoms with Crippen LogP contribution in [0.1, 0.15) is 17.9 Å². The van der Waals surface area contributed by atoms with Crippen molar-refractivity contribution in [3.63, 3.8) is 0 Å². The molecule has 0 aliphatic rings. The number of rotatable bonds is 5. The third kappa shape index (κ3) is 4.04. The molecule has 0 aliphatic heterocycles. The molecular weight excluding hydrogens is 254 g/mol. The highest BCUT2D eigenvalue weighted by molar-refractivity contribution is 6.30. The molecule has 98 valence electrons. The van der Waals surface area contributed by atoms with Gasteiger partial charge in [-0.2, -0.15) is 0 Å². The molecule has 1 rings (SSSR count). The van der Waals surface area contributed by atoms with E-state index in [1.807, 2.05) is 18.2 Å². The van der Waals surface area contributed by atoms with Gasteiger partial charge in [-0.15, -0.1) is 11.6 Å². The Bertz CT molecular complexity index is 408. The van der Waals surface area contributed by atoms with Crippen LogP contribution in [0.25, 0.3) is 0 Å². The Morgan fingerprint density at radius 2 is 1.94 bits per heavy atom. The molecule has 0 radical (unpaired) electrons. The number of alkyl halides is 1. The fourth-order valence-electron chi connectivity index (χ4n) is 1.44. The first-order valence-electron chi connectivity index (χ1n) is 5.66. The molecule has 0 saturated heterocycles. The molecular formula is C13H16ClNO3. The molecule has 1 amide bonds. The minimum atomic E-state index is -0.786. The highest BCUT2D eigenvalue weighted by atomic mass is 35.5. The summed E-state index contributed by atoms with van der Waals surface area (Å²) in [5.74, 6) is -0.763. The minimum Gasteiger partial charge on any atom is -0.465 e. The van der Waals surface area contributed by atoms with Gasteiger partial charge in [0.05, 0.1) is 6.61 Å². The smallest absolute Gasteiger partial charge is 0.325 e. The third-order valence-corrected chi connectivity index (χ3v) is 2.80. The Labute approximate surface area is 111 Å². The standard InChI is InChI=1S/C13H16ClNO3/c1-3-18-11(16)9-15(2)13(17)12(14)10-7-5-4-6-8-10/h4-8,12H,3,9H2,1-2H3. The second-order valence-corrected chi connectivity index (χ2v) is 4.21. The van der Waals surface area contributed by atoms with Crippen molar-refractivity contribution in [3.05, 3.63) is 35.9 Å². The van der Waals surface area contributed by atoms with E-state index in [0.29, 0.717) is 12.2 Å². The largest absolute Gasteiger partial charge is 0.465 e. The van der Waals surface area contributed by atoms with Gasteiger partial charge in [-0.25, -0.2) is 0 Å². The Hall–Kier alpha value is -1.55. The minimum absolute atomic E-state index is 0.0945. The summed E-state index contributed by atoms with van der Waals surface area (Å²) in [7, 11) is 1.53. The lowest BCUT2D eigenvalue weighted by molar-refractivity contribution is -0.148. The third-order valence-electron chi connectivity index (χ3n) is 2.36. The molecule has 1 atom stereocenters. The second-order valence-electron chi connectivity index (χ2n) is 3.77. The van der Waals surface area contributed by atoms with Gasteiger partial charge < -0.3 is 9.64 Å². The quantitative estimate of drug-likeness (QED) is 0.607. The average Bonchev–Trinajstić information content (AvgIpc) is 2.38. The molecule has 0 N–H and O–H groups in total. The second kappa shape index (κ2) is 7.01. The number of carbonyl (C=O) groups is 2. The monoisotopic (exact) mass is 269 g/mol. The van der Waals surface area contributed by atoms with Crippen LogP contribution in [0.5, 0.6) is 0 Å². The topological polar surface area (TPSA) is 46.6 Å². The summed E-state index contributed by atoms with van der Waals surface area (Å²) in [6, 6.07) is 9.01. The highest BCUT2D eigenvalue weighted by Gasteiger charge is 2.22. The number of hydrogen-bond donors (Lipinski definition) is 0. The van der Waals surface area contributed by atoms with Crippen molar-refractivity contribution in [2.75, 3.05) is 20.2 Å². The van der Waals surface area contributed by atoms with Gasteiger partial charge in [0.2, 0.25) is 5.91 Å². The number of ether oxygens (including phenoxy) is 1. The van der Waals surface area contributed by atoms with Gasteiger partial charge in [-0.1, -0.05) is 30.3 Å². The molecule has 4 nitrogen and oxygen atoms in total. The zero-order valence-corrected chi connectivity index (χ0v) is 11.2. The summed E-state index contributed by atoms with van der Waals surface area (Å²) < 4.78 is 4.77. The van der Waals surface area contributed by atoms with Gasteiger partial charge in [0, 0.05) is 7.05 Å². The van der Waals surface area contributed by atoms with E-state index < -0.39 is 11.3 Å². The van der Waals surface area contributed by atoms with Gasteiger partial charge in [0.25, 0.3) is 0 Å². The van der Waals surface area contributed by atoms with Crippen LogP contribution in [0.3, 0.4) is 0 Å². The van der Waals surface area contributed by atoms with E-state index in [1.165, 1.54) is 11.9 Å². The summed E-state index contributed by atoms with van der Waals surface area (Å²) >= 11 is 6.07. The highest BCUT2D eigenvalue weighted by Crippen LogP contribution is 2.21. The van der Waals surface area contributed by atoms with Crippen molar-refractivity contribution in [1.82, 2.24) is 4.90 Å². The van der Waals surface area contributed by atoms with Crippen molar-refractivity contribution in [2.24, 2.45) is 0 Å². The first-order valence-corrected chi connectivity index (χ1v) is 6.09. The number of halogens is 1. The zero-order chi connectivity index (χ0) is 13.5. The van der Waals surface area contributed by atoms with Crippen LogP contribution in [0.4, 0.5) is 0 Å². The van der Waals surface area contributed by atoms with E-state index in [0.717, 1.165) is 0 Å². The van der Waals surface area contributed by atoms with E-state index in [-0.39, 0.29) is 12.5 Å². The van der Waals surface area contributed by atoms with Crippen molar-refractivity contribution in [1.29, 1.82) is 0 Å². The SMILES string of the molecule is CCOC(=O)CN(C)C(=O)C(Cl)c1ccccc1. The molecule has 0 fully saturated rings. The molecule has 1 aromatic rings. The van der Waals surface area contributed by atoms with E-state index in [2.05, 4.69) is 0 Å². The van der Waals surface area contributed by atoms with Crippen molar-refractivity contribution in [2.45, 2.75) is 12.3 Å². The van der Waals surface area contributed by atoms with E-state index in [1.54, 1.807) is 19.1 Å². The average molecular weight is 270 g/mol. The Morgan fingerprint density at radius 1 is 1.33 bits per heavy atom. The van der Waals surface area contributed by atoms with Crippen molar-refractivity contribution < 1.29 is 14.3 Å². The van der Waals surface area contributed by atoms with Crippen LogP contribution in [-0.4, -0.2) is 37.0 Å².